The Morgan fingerprint density at radius 2 is 1.85 bits per heavy atom. The second-order valence-corrected chi connectivity index (χ2v) is 4.07. The molecule has 0 heterocycles. The van der Waals surface area contributed by atoms with Crippen LogP contribution in [0.4, 0.5) is 0 Å². The Balaban J connectivity index is 2.85. The van der Waals surface area contributed by atoms with Crippen molar-refractivity contribution in [2.45, 2.75) is 26.1 Å². The molecule has 0 aliphatic carbocycles. The molecule has 0 spiro atoms. The topological polar surface area (TPSA) is 0 Å². The first-order valence-corrected chi connectivity index (χ1v) is 4.92. The predicted molar refractivity (Wildman–Crippen MR) is 60.1 cm³/mol. The number of rotatable bonds is 2. The first-order chi connectivity index (χ1) is 6.09. The quantitative estimate of drug-likeness (QED) is 0.624. The molecule has 1 aromatic rings. The van der Waals surface area contributed by atoms with E-state index in [-0.39, 0.29) is 5.38 Å². The number of alkyl halides is 1. The molecular formula is C12H15Cl. The number of allylic oxidation sites excluding steroid dienone is 1. The summed E-state index contributed by atoms with van der Waals surface area (Å²) in [6.45, 7) is 6.13. The van der Waals surface area contributed by atoms with Gasteiger partial charge in [-0.05, 0) is 26.3 Å². The number of hydrogen-bond acceptors (Lipinski definition) is 0. The molecule has 70 valence electrons. The first kappa shape index (κ1) is 10.3. The van der Waals surface area contributed by atoms with Crippen molar-refractivity contribution >= 4 is 17.7 Å². The van der Waals surface area contributed by atoms with Gasteiger partial charge in [-0.2, -0.15) is 0 Å². The van der Waals surface area contributed by atoms with Crippen LogP contribution in [0, 0.1) is 6.92 Å². The van der Waals surface area contributed by atoms with Gasteiger partial charge in [-0.15, -0.1) is 11.6 Å². The Hall–Kier alpha value is -0.750. The molecule has 0 N–H and O–H groups in total. The maximum atomic E-state index is 5.94. The van der Waals surface area contributed by atoms with Gasteiger partial charge in [-0.3, -0.25) is 0 Å². The molecule has 0 aromatic heterocycles. The van der Waals surface area contributed by atoms with Crippen molar-refractivity contribution in [3.8, 4) is 0 Å². The standard InChI is InChI=1S/C12H15Cl/c1-9-4-6-12(7-5-9)8-10(2)11(3)13/h4-8,11H,1-3H3/b10-8+. The summed E-state index contributed by atoms with van der Waals surface area (Å²) in [6, 6.07) is 8.44. The summed E-state index contributed by atoms with van der Waals surface area (Å²) in [4.78, 5) is 0. The summed E-state index contributed by atoms with van der Waals surface area (Å²) in [6.07, 6.45) is 2.12. The molecule has 0 fully saturated rings. The van der Waals surface area contributed by atoms with Gasteiger partial charge in [-0.1, -0.05) is 41.5 Å². The molecule has 13 heavy (non-hydrogen) atoms. The highest BCUT2D eigenvalue weighted by Crippen LogP contribution is 2.13. The SMILES string of the molecule is C/C(=C\c1ccc(C)cc1)C(C)Cl. The average Bonchev–Trinajstić information content (AvgIpc) is 2.08. The van der Waals surface area contributed by atoms with Crippen molar-refractivity contribution in [2.24, 2.45) is 0 Å². The zero-order valence-corrected chi connectivity index (χ0v) is 9.10. The normalized spacial score (nSPS) is 14.3. The zero-order chi connectivity index (χ0) is 9.84. The molecule has 0 nitrogen and oxygen atoms in total. The fourth-order valence-corrected chi connectivity index (χ4v) is 1.10. The molecular weight excluding hydrogens is 180 g/mol. The Morgan fingerprint density at radius 3 is 2.31 bits per heavy atom. The molecule has 1 atom stereocenters. The van der Waals surface area contributed by atoms with E-state index >= 15 is 0 Å². The average molecular weight is 195 g/mol. The van der Waals surface area contributed by atoms with Gasteiger partial charge < -0.3 is 0 Å². The second kappa shape index (κ2) is 4.48. The highest BCUT2D eigenvalue weighted by Gasteiger charge is 1.97. The summed E-state index contributed by atoms with van der Waals surface area (Å²) < 4.78 is 0. The monoisotopic (exact) mass is 194 g/mol. The van der Waals surface area contributed by atoms with Crippen LogP contribution in [0.1, 0.15) is 25.0 Å². The number of aryl methyl sites for hydroxylation is 1. The molecule has 1 unspecified atom stereocenters. The van der Waals surface area contributed by atoms with Gasteiger partial charge in [0.1, 0.15) is 0 Å². The van der Waals surface area contributed by atoms with E-state index in [1.54, 1.807) is 0 Å². The Bertz CT molecular complexity index is 293. The molecule has 0 radical (unpaired) electrons. The van der Waals surface area contributed by atoms with E-state index in [9.17, 15) is 0 Å². The van der Waals surface area contributed by atoms with E-state index < -0.39 is 0 Å². The van der Waals surface area contributed by atoms with Crippen molar-refractivity contribution < 1.29 is 0 Å². The molecule has 0 saturated carbocycles. The van der Waals surface area contributed by atoms with Crippen LogP contribution in [0.25, 0.3) is 6.08 Å². The molecule has 0 amide bonds. The molecule has 1 aromatic carbocycles. The van der Waals surface area contributed by atoms with Gasteiger partial charge in [0.25, 0.3) is 0 Å². The van der Waals surface area contributed by atoms with Gasteiger partial charge in [0.2, 0.25) is 0 Å². The van der Waals surface area contributed by atoms with Gasteiger partial charge >= 0.3 is 0 Å². The lowest BCUT2D eigenvalue weighted by Crippen LogP contribution is -1.91. The molecule has 0 aliphatic heterocycles. The van der Waals surface area contributed by atoms with Crippen LogP contribution in [-0.2, 0) is 0 Å². The number of benzene rings is 1. The smallest absolute Gasteiger partial charge is 0.0517 e. The van der Waals surface area contributed by atoms with Crippen molar-refractivity contribution in [1.82, 2.24) is 0 Å². The number of hydrogen-bond donors (Lipinski definition) is 0. The lowest BCUT2D eigenvalue weighted by Gasteiger charge is -2.02. The third-order valence-electron chi connectivity index (χ3n) is 2.10. The van der Waals surface area contributed by atoms with Crippen LogP contribution in [0.5, 0.6) is 0 Å². The van der Waals surface area contributed by atoms with Crippen LogP contribution >= 0.6 is 11.6 Å². The third kappa shape index (κ3) is 3.23. The summed E-state index contributed by atoms with van der Waals surface area (Å²) in [5.74, 6) is 0. The van der Waals surface area contributed by atoms with Gasteiger partial charge in [-0.25, -0.2) is 0 Å². The highest BCUT2D eigenvalue weighted by molar-refractivity contribution is 6.22. The van der Waals surface area contributed by atoms with Crippen LogP contribution < -0.4 is 0 Å². The summed E-state index contributed by atoms with van der Waals surface area (Å²) in [5, 5.41) is 0.112. The largest absolute Gasteiger partial charge is 0.118 e. The van der Waals surface area contributed by atoms with Crippen molar-refractivity contribution in [3.63, 3.8) is 0 Å². The number of halogens is 1. The maximum absolute atomic E-state index is 5.94. The first-order valence-electron chi connectivity index (χ1n) is 4.48. The fraction of sp³-hybridized carbons (Fsp3) is 0.333. The van der Waals surface area contributed by atoms with E-state index in [1.165, 1.54) is 16.7 Å². The van der Waals surface area contributed by atoms with E-state index in [0.29, 0.717) is 0 Å². The van der Waals surface area contributed by atoms with Crippen molar-refractivity contribution in [3.05, 3.63) is 41.0 Å². The highest BCUT2D eigenvalue weighted by atomic mass is 35.5. The minimum atomic E-state index is 0.112. The lowest BCUT2D eigenvalue weighted by atomic mass is 10.1. The summed E-state index contributed by atoms with van der Waals surface area (Å²) in [7, 11) is 0. The Labute approximate surface area is 85.2 Å². The molecule has 1 rings (SSSR count). The molecule has 1 heteroatoms. The van der Waals surface area contributed by atoms with Crippen molar-refractivity contribution in [2.75, 3.05) is 0 Å². The van der Waals surface area contributed by atoms with E-state index in [2.05, 4.69) is 44.2 Å². The van der Waals surface area contributed by atoms with Gasteiger partial charge in [0.05, 0.1) is 5.38 Å². The van der Waals surface area contributed by atoms with E-state index in [4.69, 9.17) is 11.6 Å². The third-order valence-corrected chi connectivity index (χ3v) is 2.44. The van der Waals surface area contributed by atoms with Crippen molar-refractivity contribution in [1.29, 1.82) is 0 Å². The fourth-order valence-electron chi connectivity index (χ4n) is 1.04. The zero-order valence-electron chi connectivity index (χ0n) is 8.34. The van der Waals surface area contributed by atoms with Crippen LogP contribution in [0.3, 0.4) is 0 Å². The van der Waals surface area contributed by atoms with Crippen LogP contribution in [0.15, 0.2) is 29.8 Å². The Kier molecular flexibility index (Phi) is 3.56. The predicted octanol–water partition coefficient (Wildman–Crippen LogP) is 4.03. The van der Waals surface area contributed by atoms with E-state index in [1.807, 2.05) is 6.92 Å². The van der Waals surface area contributed by atoms with Gasteiger partial charge in [0, 0.05) is 0 Å². The van der Waals surface area contributed by atoms with Crippen LogP contribution in [0.2, 0.25) is 0 Å². The lowest BCUT2D eigenvalue weighted by molar-refractivity contribution is 1.12. The maximum Gasteiger partial charge on any atom is 0.0517 e. The van der Waals surface area contributed by atoms with E-state index in [0.717, 1.165) is 0 Å². The summed E-state index contributed by atoms with van der Waals surface area (Å²) in [5.41, 5.74) is 3.70. The second-order valence-electron chi connectivity index (χ2n) is 3.42. The van der Waals surface area contributed by atoms with Crippen LogP contribution in [-0.4, -0.2) is 5.38 Å². The van der Waals surface area contributed by atoms with Gasteiger partial charge in [0.15, 0.2) is 0 Å². The summed E-state index contributed by atoms with van der Waals surface area (Å²) >= 11 is 5.94. The minimum Gasteiger partial charge on any atom is -0.118 e. The minimum absolute atomic E-state index is 0.112. The Morgan fingerprint density at radius 1 is 1.31 bits per heavy atom. The molecule has 0 saturated heterocycles. The molecule has 0 aliphatic rings. The molecule has 0 bridgehead atoms.